The lowest BCUT2D eigenvalue weighted by molar-refractivity contribution is -0.142. The highest BCUT2D eigenvalue weighted by molar-refractivity contribution is 5.69. The van der Waals surface area contributed by atoms with E-state index >= 15 is 0 Å². The highest BCUT2D eigenvalue weighted by Gasteiger charge is 2.22. The molecule has 1 N–H and O–H groups in total. The second-order valence-corrected chi connectivity index (χ2v) is 7.58. The molecular formula is C21H42O2. The summed E-state index contributed by atoms with van der Waals surface area (Å²) in [6, 6.07) is 0. The van der Waals surface area contributed by atoms with E-state index < -0.39 is 5.97 Å². The van der Waals surface area contributed by atoms with Gasteiger partial charge in [-0.25, -0.2) is 0 Å². The van der Waals surface area contributed by atoms with Crippen LogP contribution in [0.5, 0.6) is 0 Å². The van der Waals surface area contributed by atoms with Gasteiger partial charge >= 0.3 is 5.97 Å². The molecule has 0 aliphatic rings. The standard InChI is InChI=1S/C21H42O2/c1-5-8-9-10-11-12-13-15-20(21(22)23)17-19(14-6-2)16-18(4)7-3/h18-20H,5-17H2,1-4H3,(H,22,23). The molecule has 0 amide bonds. The predicted octanol–water partition coefficient (Wildman–Crippen LogP) is 7.07. The van der Waals surface area contributed by atoms with Crippen molar-refractivity contribution in [1.29, 1.82) is 0 Å². The maximum absolute atomic E-state index is 11.6. The molecule has 0 aliphatic heterocycles. The fraction of sp³-hybridized carbons (Fsp3) is 0.952. The lowest BCUT2D eigenvalue weighted by Gasteiger charge is -2.23. The molecule has 0 aromatic carbocycles. The Balaban J connectivity index is 4.13. The molecule has 0 heterocycles. The normalized spacial score (nSPS) is 15.3. The van der Waals surface area contributed by atoms with Gasteiger partial charge in [-0.1, -0.05) is 91.9 Å². The quantitative estimate of drug-likeness (QED) is 0.308. The first kappa shape index (κ1) is 22.5. The molecule has 0 aromatic rings. The Morgan fingerprint density at radius 1 is 0.826 bits per heavy atom. The van der Waals surface area contributed by atoms with Crippen molar-refractivity contribution in [2.45, 2.75) is 111 Å². The van der Waals surface area contributed by atoms with E-state index in [-0.39, 0.29) is 5.92 Å². The van der Waals surface area contributed by atoms with Crippen LogP contribution in [0.4, 0.5) is 0 Å². The van der Waals surface area contributed by atoms with Crippen molar-refractivity contribution in [2.75, 3.05) is 0 Å². The van der Waals surface area contributed by atoms with Crippen molar-refractivity contribution >= 4 is 5.97 Å². The minimum atomic E-state index is -0.568. The Kier molecular flexibility index (Phi) is 14.7. The zero-order chi connectivity index (χ0) is 17.5. The fourth-order valence-corrected chi connectivity index (χ4v) is 3.57. The minimum absolute atomic E-state index is 0.119. The third-order valence-electron chi connectivity index (χ3n) is 5.25. The molecular weight excluding hydrogens is 284 g/mol. The van der Waals surface area contributed by atoms with Gasteiger partial charge in [-0.15, -0.1) is 0 Å². The molecule has 138 valence electrons. The van der Waals surface area contributed by atoms with Crippen LogP contribution in [0.1, 0.15) is 111 Å². The number of aliphatic carboxylic acids is 1. The third kappa shape index (κ3) is 12.5. The van der Waals surface area contributed by atoms with Gasteiger partial charge in [-0.3, -0.25) is 4.79 Å². The summed E-state index contributed by atoms with van der Waals surface area (Å²) in [5.74, 6) is 0.632. The van der Waals surface area contributed by atoms with Crippen LogP contribution in [0.25, 0.3) is 0 Å². The van der Waals surface area contributed by atoms with Crippen molar-refractivity contribution in [3.63, 3.8) is 0 Å². The maximum Gasteiger partial charge on any atom is 0.306 e. The molecule has 0 fully saturated rings. The second kappa shape index (κ2) is 15.0. The topological polar surface area (TPSA) is 37.3 Å². The smallest absolute Gasteiger partial charge is 0.306 e. The van der Waals surface area contributed by atoms with Crippen molar-refractivity contribution in [2.24, 2.45) is 17.8 Å². The van der Waals surface area contributed by atoms with Crippen LogP contribution < -0.4 is 0 Å². The number of hydrogen-bond acceptors (Lipinski definition) is 1. The van der Waals surface area contributed by atoms with Crippen molar-refractivity contribution in [1.82, 2.24) is 0 Å². The Bertz CT molecular complexity index is 275. The number of hydrogen-bond donors (Lipinski definition) is 1. The van der Waals surface area contributed by atoms with E-state index in [1.165, 1.54) is 64.2 Å². The molecule has 23 heavy (non-hydrogen) atoms. The summed E-state index contributed by atoms with van der Waals surface area (Å²) < 4.78 is 0. The van der Waals surface area contributed by atoms with Crippen LogP contribution in [0.3, 0.4) is 0 Å². The summed E-state index contributed by atoms with van der Waals surface area (Å²) in [7, 11) is 0. The summed E-state index contributed by atoms with van der Waals surface area (Å²) in [5, 5.41) is 9.55. The maximum atomic E-state index is 11.6. The van der Waals surface area contributed by atoms with E-state index in [0.717, 1.165) is 25.2 Å². The van der Waals surface area contributed by atoms with Crippen LogP contribution in [0, 0.1) is 17.8 Å². The summed E-state index contributed by atoms with van der Waals surface area (Å²) in [6.45, 7) is 8.99. The molecule has 0 aromatic heterocycles. The summed E-state index contributed by atoms with van der Waals surface area (Å²) >= 11 is 0. The summed E-state index contributed by atoms with van der Waals surface area (Å²) in [5.41, 5.74) is 0. The monoisotopic (exact) mass is 326 g/mol. The summed E-state index contributed by atoms with van der Waals surface area (Å²) in [6.07, 6.45) is 15.4. The number of carboxylic acids is 1. The van der Waals surface area contributed by atoms with Gasteiger partial charge in [0.15, 0.2) is 0 Å². The van der Waals surface area contributed by atoms with Crippen LogP contribution >= 0.6 is 0 Å². The third-order valence-corrected chi connectivity index (χ3v) is 5.25. The SMILES string of the molecule is CCCCCCCCCC(CC(CCC)CC(C)CC)C(=O)O. The van der Waals surface area contributed by atoms with Gasteiger partial charge in [-0.05, 0) is 31.1 Å². The number of carboxylic acid groups (broad SMARTS) is 1. The second-order valence-electron chi connectivity index (χ2n) is 7.58. The first-order chi connectivity index (χ1) is 11.0. The molecule has 0 aliphatic carbocycles. The van der Waals surface area contributed by atoms with Gasteiger partial charge in [0.2, 0.25) is 0 Å². The van der Waals surface area contributed by atoms with Gasteiger partial charge in [0.25, 0.3) is 0 Å². The zero-order valence-corrected chi connectivity index (χ0v) is 16.3. The molecule has 0 saturated heterocycles. The van der Waals surface area contributed by atoms with E-state index in [0.29, 0.717) is 5.92 Å². The molecule has 3 atom stereocenters. The number of rotatable bonds is 16. The Morgan fingerprint density at radius 2 is 1.43 bits per heavy atom. The highest BCUT2D eigenvalue weighted by atomic mass is 16.4. The van der Waals surface area contributed by atoms with Crippen LogP contribution in [0.2, 0.25) is 0 Å². The van der Waals surface area contributed by atoms with E-state index in [1.807, 2.05) is 0 Å². The minimum Gasteiger partial charge on any atom is -0.481 e. The van der Waals surface area contributed by atoms with Crippen LogP contribution in [-0.2, 0) is 4.79 Å². The average molecular weight is 327 g/mol. The lowest BCUT2D eigenvalue weighted by Crippen LogP contribution is -2.19. The average Bonchev–Trinajstić information content (AvgIpc) is 2.52. The summed E-state index contributed by atoms with van der Waals surface area (Å²) in [4.78, 5) is 11.6. The van der Waals surface area contributed by atoms with E-state index in [1.54, 1.807) is 0 Å². The zero-order valence-electron chi connectivity index (χ0n) is 16.3. The molecule has 0 spiro atoms. The van der Waals surface area contributed by atoms with Gasteiger partial charge < -0.3 is 5.11 Å². The first-order valence-corrected chi connectivity index (χ1v) is 10.3. The van der Waals surface area contributed by atoms with Crippen molar-refractivity contribution in [3.8, 4) is 0 Å². The lowest BCUT2D eigenvalue weighted by atomic mass is 9.82. The number of carbonyl (C=O) groups is 1. The van der Waals surface area contributed by atoms with Crippen molar-refractivity contribution in [3.05, 3.63) is 0 Å². The molecule has 3 unspecified atom stereocenters. The number of unbranched alkanes of at least 4 members (excludes halogenated alkanes) is 6. The fourth-order valence-electron chi connectivity index (χ4n) is 3.57. The van der Waals surface area contributed by atoms with E-state index in [2.05, 4.69) is 27.7 Å². The Morgan fingerprint density at radius 3 is 1.96 bits per heavy atom. The van der Waals surface area contributed by atoms with Gasteiger partial charge in [0.1, 0.15) is 0 Å². The Hall–Kier alpha value is -0.530. The Labute approximate surface area is 145 Å². The largest absolute Gasteiger partial charge is 0.481 e. The molecule has 2 nitrogen and oxygen atoms in total. The van der Waals surface area contributed by atoms with Crippen molar-refractivity contribution < 1.29 is 9.90 Å². The highest BCUT2D eigenvalue weighted by Crippen LogP contribution is 2.28. The molecule has 0 saturated carbocycles. The molecule has 0 bridgehead atoms. The molecule has 0 radical (unpaired) electrons. The van der Waals surface area contributed by atoms with Crippen LogP contribution in [-0.4, -0.2) is 11.1 Å². The van der Waals surface area contributed by atoms with E-state index in [9.17, 15) is 9.90 Å². The predicted molar refractivity (Wildman–Crippen MR) is 101 cm³/mol. The molecule has 2 heteroatoms. The molecule has 0 rings (SSSR count). The van der Waals surface area contributed by atoms with Gasteiger partial charge in [0.05, 0.1) is 5.92 Å². The van der Waals surface area contributed by atoms with Crippen LogP contribution in [0.15, 0.2) is 0 Å². The van der Waals surface area contributed by atoms with Gasteiger partial charge in [0, 0.05) is 0 Å². The van der Waals surface area contributed by atoms with E-state index in [4.69, 9.17) is 0 Å². The first-order valence-electron chi connectivity index (χ1n) is 10.3. The van der Waals surface area contributed by atoms with Gasteiger partial charge in [-0.2, -0.15) is 0 Å².